The van der Waals surface area contributed by atoms with Gasteiger partial charge < -0.3 is 5.21 Å². The van der Waals surface area contributed by atoms with Crippen LogP contribution in [0.15, 0.2) is 46.8 Å². The van der Waals surface area contributed by atoms with Gasteiger partial charge in [0.1, 0.15) is 11.9 Å². The fourth-order valence-corrected chi connectivity index (χ4v) is 4.56. The first kappa shape index (κ1) is 18.2. The van der Waals surface area contributed by atoms with Crippen LogP contribution in [0.25, 0.3) is 11.3 Å². The summed E-state index contributed by atoms with van der Waals surface area (Å²) in [6.45, 7) is 0. The van der Waals surface area contributed by atoms with E-state index in [0.29, 0.717) is 26.9 Å². The second-order valence-electron chi connectivity index (χ2n) is 4.84. The molecule has 0 amide bonds. The van der Waals surface area contributed by atoms with Crippen molar-refractivity contribution in [1.29, 1.82) is 0 Å². The fourth-order valence-electron chi connectivity index (χ4n) is 1.91. The Morgan fingerprint density at radius 1 is 1.33 bits per heavy atom. The Hall–Kier alpha value is -2.13. The average Bonchev–Trinajstić information content (AvgIpc) is 2.91. The molecule has 1 aromatic heterocycles. The first-order valence-corrected chi connectivity index (χ1v) is 9.31. The third kappa shape index (κ3) is 4.68. The fraction of sp³-hybridized carbons (Fsp3) is 0.200. The van der Waals surface area contributed by atoms with Gasteiger partial charge in [-0.15, -0.1) is 0 Å². The van der Waals surface area contributed by atoms with Gasteiger partial charge in [-0.25, -0.2) is 18.1 Å². The number of hydroxylamine groups is 1. The zero-order valence-corrected chi connectivity index (χ0v) is 14.3. The number of halogens is 2. The zero-order chi connectivity index (χ0) is 17.7. The molecule has 0 fully saturated rings. The summed E-state index contributed by atoms with van der Waals surface area (Å²) in [5.74, 6) is -0.473. The molecule has 0 atom stereocenters. The van der Waals surface area contributed by atoms with E-state index in [1.807, 2.05) is 0 Å². The van der Waals surface area contributed by atoms with Gasteiger partial charge in [-0.1, -0.05) is 41.7 Å². The minimum Gasteiger partial charge on any atom is -0.624 e. The maximum absolute atomic E-state index is 12.3. The lowest BCUT2D eigenvalue weighted by atomic mass is 10.1. The summed E-state index contributed by atoms with van der Waals surface area (Å²) in [6.07, 6.45) is -0.427. The third-order valence-corrected chi connectivity index (χ3v) is 6.12. The summed E-state index contributed by atoms with van der Waals surface area (Å²) < 4.78 is 49.0. The van der Waals surface area contributed by atoms with Crippen LogP contribution in [0, 0.1) is 5.21 Å². The Labute approximate surface area is 142 Å². The number of allylic oxidation sites excluding steroid dienone is 1. The average molecular weight is 372 g/mol. The highest BCUT2D eigenvalue weighted by atomic mass is 32.2. The first-order chi connectivity index (χ1) is 11.3. The van der Waals surface area contributed by atoms with Gasteiger partial charge in [-0.3, -0.25) is 0 Å². The lowest BCUT2D eigenvalue weighted by Gasteiger charge is -1.98. The molecular weight excluding hydrogens is 358 g/mol. The molecule has 5 nitrogen and oxygen atoms in total. The number of hydrogen-bond acceptors (Lipinski definition) is 5. The van der Waals surface area contributed by atoms with Crippen LogP contribution in [0.3, 0.4) is 0 Å². The Morgan fingerprint density at radius 3 is 2.58 bits per heavy atom. The Balaban J connectivity index is 2.44. The van der Waals surface area contributed by atoms with Crippen molar-refractivity contribution in [2.24, 2.45) is 0 Å². The largest absolute Gasteiger partial charge is 0.624 e. The van der Waals surface area contributed by atoms with E-state index in [9.17, 15) is 22.4 Å². The topological polar surface area (TPSA) is 73.1 Å². The van der Waals surface area contributed by atoms with Crippen molar-refractivity contribution in [2.75, 3.05) is 12.8 Å². The molecule has 2 rings (SSSR count). The van der Waals surface area contributed by atoms with Crippen LogP contribution in [-0.2, 0) is 9.84 Å². The van der Waals surface area contributed by atoms with Crippen molar-refractivity contribution < 1.29 is 21.9 Å². The molecule has 0 aliphatic rings. The molecule has 0 saturated heterocycles. The molecule has 1 heterocycles. The number of nitrogens with zero attached hydrogens (tertiary/aromatic N) is 2. The highest BCUT2D eigenvalue weighted by Crippen LogP contribution is 2.30. The normalized spacial score (nSPS) is 12.2. The van der Waals surface area contributed by atoms with Crippen molar-refractivity contribution in [3.05, 3.63) is 52.6 Å². The quantitative estimate of drug-likeness (QED) is 0.337. The highest BCUT2D eigenvalue weighted by Gasteiger charge is 2.23. The molecule has 128 valence electrons. The van der Waals surface area contributed by atoms with Gasteiger partial charge in [0.05, 0.1) is 11.4 Å². The minimum atomic E-state index is -3.81. The predicted molar refractivity (Wildman–Crippen MR) is 89.2 cm³/mol. The van der Waals surface area contributed by atoms with E-state index in [-0.39, 0.29) is 10.8 Å². The van der Waals surface area contributed by atoms with E-state index in [0.717, 1.165) is 11.3 Å². The molecule has 0 saturated carbocycles. The molecule has 0 aliphatic carbocycles. The molecule has 1 aromatic carbocycles. The number of aromatic nitrogens is 1. The Morgan fingerprint density at radius 2 is 2.00 bits per heavy atom. The lowest BCUT2D eigenvalue weighted by molar-refractivity contribution is -0.416. The van der Waals surface area contributed by atoms with Crippen molar-refractivity contribution in [1.82, 2.24) is 4.98 Å². The van der Waals surface area contributed by atoms with Crippen LogP contribution in [0.2, 0.25) is 0 Å². The summed E-state index contributed by atoms with van der Waals surface area (Å²) in [7, 11) is -2.54. The molecule has 0 aliphatic heterocycles. The van der Waals surface area contributed by atoms with Crippen molar-refractivity contribution in [2.45, 2.75) is 10.8 Å². The molecule has 0 radical (unpaired) electrons. The van der Waals surface area contributed by atoms with Crippen LogP contribution < -0.4 is 0 Å². The van der Waals surface area contributed by atoms with Crippen LogP contribution >= 0.6 is 11.3 Å². The van der Waals surface area contributed by atoms with Gasteiger partial charge in [-0.2, -0.15) is 8.78 Å². The summed E-state index contributed by atoms with van der Waals surface area (Å²) >= 11 is 0.844. The molecule has 2 aromatic rings. The molecule has 0 spiro atoms. The smallest absolute Gasteiger partial charge is 0.266 e. The van der Waals surface area contributed by atoms with Crippen LogP contribution in [0.4, 0.5) is 8.78 Å². The molecule has 0 bridgehead atoms. The van der Waals surface area contributed by atoms with Crippen LogP contribution in [0.1, 0.15) is 11.3 Å². The van der Waals surface area contributed by atoms with Gasteiger partial charge in [0.15, 0.2) is 6.21 Å². The van der Waals surface area contributed by atoms with E-state index in [1.165, 1.54) is 13.3 Å². The number of thiazole rings is 1. The number of benzene rings is 1. The Bertz CT molecular complexity index is 867. The standard InChI is InChI=1S/C15H14F2N2O3S2/c1-19(20)10-12-14(11-6-3-2-4-7-11)18-15(23-12)24(21,22)9-5-8-13(16)17/h2-4,6-8,10H,5,9H2,1H3/b19-10-. The maximum atomic E-state index is 12.3. The molecule has 24 heavy (non-hydrogen) atoms. The van der Waals surface area contributed by atoms with Crippen LogP contribution in [-0.4, -0.2) is 37.2 Å². The van der Waals surface area contributed by atoms with Gasteiger partial charge >= 0.3 is 0 Å². The molecular formula is C15H14F2N2O3S2. The van der Waals surface area contributed by atoms with Gasteiger partial charge in [-0.05, 0) is 12.5 Å². The number of hydrogen-bond donors (Lipinski definition) is 0. The second kappa shape index (κ2) is 7.63. The first-order valence-electron chi connectivity index (χ1n) is 6.84. The van der Waals surface area contributed by atoms with E-state index in [1.54, 1.807) is 30.3 Å². The Kier molecular flexibility index (Phi) is 5.79. The number of rotatable bonds is 6. The third-order valence-electron chi connectivity index (χ3n) is 2.93. The van der Waals surface area contributed by atoms with Gasteiger partial charge in [0.25, 0.3) is 6.08 Å². The van der Waals surface area contributed by atoms with Gasteiger partial charge in [0, 0.05) is 5.56 Å². The molecule has 9 heteroatoms. The highest BCUT2D eigenvalue weighted by molar-refractivity contribution is 7.93. The van der Waals surface area contributed by atoms with Gasteiger partial charge in [0.2, 0.25) is 14.2 Å². The predicted octanol–water partition coefficient (Wildman–Crippen LogP) is 3.31. The SMILES string of the molecule is C/[N+]([O-])=C/c1sc(S(=O)(=O)CCC=C(F)F)nc1-c1ccccc1. The summed E-state index contributed by atoms with van der Waals surface area (Å²) in [6, 6.07) is 8.82. The van der Waals surface area contributed by atoms with Crippen molar-refractivity contribution >= 4 is 27.4 Å². The van der Waals surface area contributed by atoms with E-state index in [2.05, 4.69) is 4.98 Å². The van der Waals surface area contributed by atoms with Crippen molar-refractivity contribution in [3.8, 4) is 11.3 Å². The van der Waals surface area contributed by atoms with E-state index >= 15 is 0 Å². The molecule has 0 N–H and O–H groups in total. The second-order valence-corrected chi connectivity index (χ2v) is 8.15. The zero-order valence-electron chi connectivity index (χ0n) is 12.6. The lowest BCUT2D eigenvalue weighted by Crippen LogP contribution is -2.05. The van der Waals surface area contributed by atoms with Crippen LogP contribution in [0.5, 0.6) is 0 Å². The summed E-state index contributed by atoms with van der Waals surface area (Å²) in [5, 5.41) is 11.3. The number of sulfone groups is 1. The summed E-state index contributed by atoms with van der Waals surface area (Å²) in [5.41, 5.74) is 1.03. The van der Waals surface area contributed by atoms with E-state index in [4.69, 9.17) is 0 Å². The van der Waals surface area contributed by atoms with E-state index < -0.39 is 21.7 Å². The molecule has 0 unspecified atom stereocenters. The monoisotopic (exact) mass is 372 g/mol. The maximum Gasteiger partial charge on any atom is 0.266 e. The van der Waals surface area contributed by atoms with Crippen molar-refractivity contribution in [3.63, 3.8) is 0 Å². The summed E-state index contributed by atoms with van der Waals surface area (Å²) in [4.78, 5) is 4.52. The minimum absolute atomic E-state index is 0.192.